The maximum atomic E-state index is 13.0. The smallest absolute Gasteiger partial charge is 0.326 e. The number of hydrogen-bond acceptors (Lipinski definition) is 4. The van der Waals surface area contributed by atoms with Crippen LogP contribution in [0, 0.1) is 23.7 Å². The van der Waals surface area contributed by atoms with Crippen LogP contribution in [-0.2, 0) is 14.6 Å². The van der Waals surface area contributed by atoms with Crippen LogP contribution in [0.1, 0.15) is 17.0 Å². The molecule has 2 aromatic rings. The van der Waals surface area contributed by atoms with Gasteiger partial charge in [0.25, 0.3) is 0 Å². The Morgan fingerprint density at radius 1 is 1.16 bits per heavy atom. The van der Waals surface area contributed by atoms with Gasteiger partial charge in [-0.05, 0) is 36.8 Å². The molecule has 128 valence electrons. The maximum absolute atomic E-state index is 13.0. The second-order valence-electron chi connectivity index (χ2n) is 6.09. The van der Waals surface area contributed by atoms with E-state index in [-0.39, 0.29) is 4.90 Å². The topological polar surface area (TPSA) is 95.2 Å². The average molecular weight is 376 g/mol. The van der Waals surface area contributed by atoms with Gasteiger partial charge in [0.1, 0.15) is 5.25 Å². The molecule has 2 aromatic carbocycles. The number of hydrogen-bond donors (Lipinski definition) is 1. The highest BCUT2D eigenvalue weighted by Crippen LogP contribution is 2.64. The van der Waals surface area contributed by atoms with Crippen LogP contribution < -0.4 is 0 Å². The highest BCUT2D eigenvalue weighted by Gasteiger charge is 2.77. The Bertz CT molecular complexity index is 977. The van der Waals surface area contributed by atoms with Crippen molar-refractivity contribution in [3.63, 3.8) is 0 Å². The molecule has 0 aliphatic heterocycles. The molecule has 0 aromatic heterocycles. The first-order valence-corrected chi connectivity index (χ1v) is 9.38. The van der Waals surface area contributed by atoms with Crippen LogP contribution in [-0.4, -0.2) is 24.7 Å². The Morgan fingerprint density at radius 2 is 1.72 bits per heavy atom. The molecule has 1 saturated carbocycles. The fourth-order valence-corrected chi connectivity index (χ4v) is 5.57. The number of benzene rings is 2. The molecule has 1 fully saturated rings. The lowest BCUT2D eigenvalue weighted by atomic mass is 10.0. The lowest BCUT2D eigenvalue weighted by Crippen LogP contribution is -2.22. The number of sulfone groups is 1. The van der Waals surface area contributed by atoms with Gasteiger partial charge in [0.05, 0.1) is 11.0 Å². The molecule has 0 unspecified atom stereocenters. The van der Waals surface area contributed by atoms with E-state index >= 15 is 0 Å². The summed E-state index contributed by atoms with van der Waals surface area (Å²) in [5, 5.41) is 18.2. The van der Waals surface area contributed by atoms with Gasteiger partial charge in [0.15, 0.2) is 15.3 Å². The zero-order chi connectivity index (χ0) is 18.4. The molecule has 3 atom stereocenters. The van der Waals surface area contributed by atoms with E-state index in [2.05, 4.69) is 0 Å². The highest BCUT2D eigenvalue weighted by molar-refractivity contribution is 7.92. The van der Waals surface area contributed by atoms with Crippen molar-refractivity contribution in [2.75, 3.05) is 0 Å². The van der Waals surface area contributed by atoms with Crippen molar-refractivity contribution in [1.82, 2.24) is 0 Å². The quantitative estimate of drug-likeness (QED) is 0.885. The van der Waals surface area contributed by atoms with Crippen molar-refractivity contribution in [1.29, 1.82) is 5.26 Å². The Balaban J connectivity index is 2.12. The number of nitrogens with zero attached hydrogens (tertiary/aromatic N) is 1. The Morgan fingerprint density at radius 3 is 2.20 bits per heavy atom. The monoisotopic (exact) mass is 375 g/mol. The second-order valence-corrected chi connectivity index (χ2v) is 8.60. The van der Waals surface area contributed by atoms with E-state index in [1.807, 2.05) is 6.92 Å². The number of nitriles is 1. The summed E-state index contributed by atoms with van der Waals surface area (Å²) in [5.41, 5.74) is -0.653. The van der Waals surface area contributed by atoms with Crippen LogP contribution >= 0.6 is 11.6 Å². The third kappa shape index (κ3) is 2.60. The molecule has 0 spiro atoms. The highest BCUT2D eigenvalue weighted by atomic mass is 35.5. The molecule has 0 radical (unpaired) electrons. The minimum atomic E-state index is -3.99. The Labute approximate surface area is 150 Å². The maximum Gasteiger partial charge on any atom is 0.326 e. The van der Waals surface area contributed by atoms with Crippen LogP contribution in [0.4, 0.5) is 0 Å². The lowest BCUT2D eigenvalue weighted by molar-refractivity contribution is -0.141. The number of halogens is 1. The molecular formula is C18H14ClNO4S. The van der Waals surface area contributed by atoms with Gasteiger partial charge in [-0.1, -0.05) is 41.4 Å². The van der Waals surface area contributed by atoms with E-state index in [0.29, 0.717) is 10.6 Å². The fraction of sp³-hybridized carbons (Fsp3) is 0.222. The summed E-state index contributed by atoms with van der Waals surface area (Å²) in [6.07, 6.45) is 0. The zero-order valence-corrected chi connectivity index (χ0v) is 14.8. The van der Waals surface area contributed by atoms with Crippen LogP contribution in [0.15, 0.2) is 53.4 Å². The summed E-state index contributed by atoms with van der Waals surface area (Å²) in [6.45, 7) is 1.82. The molecular weight excluding hydrogens is 362 g/mol. The molecule has 7 heteroatoms. The van der Waals surface area contributed by atoms with E-state index in [9.17, 15) is 23.6 Å². The van der Waals surface area contributed by atoms with E-state index in [0.717, 1.165) is 5.56 Å². The van der Waals surface area contributed by atoms with Crippen LogP contribution in [0.3, 0.4) is 0 Å². The molecule has 0 heterocycles. The first kappa shape index (κ1) is 17.5. The summed E-state index contributed by atoms with van der Waals surface area (Å²) in [4.78, 5) is 11.8. The number of aryl methyl sites for hydroxylation is 1. The molecule has 0 saturated heterocycles. The molecule has 1 aliphatic carbocycles. The largest absolute Gasteiger partial charge is 0.480 e. The number of rotatable bonds is 4. The molecule has 0 amide bonds. The lowest BCUT2D eigenvalue weighted by Gasteiger charge is -2.05. The van der Waals surface area contributed by atoms with Gasteiger partial charge in [0, 0.05) is 10.9 Å². The predicted molar refractivity (Wildman–Crippen MR) is 92.0 cm³/mol. The van der Waals surface area contributed by atoms with Crippen molar-refractivity contribution < 1.29 is 18.3 Å². The SMILES string of the molecule is Cc1ccc(S(=O)(=O)[C@@H]2[C@H](c3ccc(Cl)cc3)[C@@]2(C#N)C(=O)O)cc1. The third-order valence-electron chi connectivity index (χ3n) is 4.58. The van der Waals surface area contributed by atoms with E-state index < -0.39 is 32.4 Å². The minimum Gasteiger partial charge on any atom is -0.480 e. The van der Waals surface area contributed by atoms with Crippen LogP contribution in [0.5, 0.6) is 0 Å². The Hall–Kier alpha value is -2.36. The van der Waals surface area contributed by atoms with Gasteiger partial charge in [-0.15, -0.1) is 0 Å². The van der Waals surface area contributed by atoms with Gasteiger partial charge in [-0.25, -0.2) is 8.42 Å². The normalized spacial score (nSPS) is 25.2. The summed E-state index contributed by atoms with van der Waals surface area (Å²) < 4.78 is 26.0. The Kier molecular flexibility index (Phi) is 4.10. The summed E-state index contributed by atoms with van der Waals surface area (Å²) >= 11 is 5.84. The molecule has 1 N–H and O–H groups in total. The second kappa shape index (κ2) is 5.87. The van der Waals surface area contributed by atoms with Crippen molar-refractivity contribution >= 4 is 27.4 Å². The van der Waals surface area contributed by atoms with Crippen molar-refractivity contribution in [2.24, 2.45) is 5.41 Å². The molecule has 5 nitrogen and oxygen atoms in total. The number of carboxylic acid groups (broad SMARTS) is 1. The average Bonchev–Trinajstić information content (AvgIpc) is 3.27. The van der Waals surface area contributed by atoms with Gasteiger partial charge in [-0.3, -0.25) is 4.79 Å². The van der Waals surface area contributed by atoms with Crippen LogP contribution in [0.25, 0.3) is 0 Å². The summed E-state index contributed by atoms with van der Waals surface area (Å²) in [6, 6.07) is 14.1. The molecule has 0 bridgehead atoms. The zero-order valence-electron chi connectivity index (χ0n) is 13.2. The molecule has 25 heavy (non-hydrogen) atoms. The summed E-state index contributed by atoms with van der Waals surface area (Å²) in [7, 11) is -3.99. The van der Waals surface area contributed by atoms with Crippen molar-refractivity contribution in [3.05, 3.63) is 64.7 Å². The van der Waals surface area contributed by atoms with E-state index in [4.69, 9.17) is 11.6 Å². The minimum absolute atomic E-state index is 0.0143. The summed E-state index contributed by atoms with van der Waals surface area (Å²) in [5.74, 6) is -2.38. The first-order valence-electron chi connectivity index (χ1n) is 7.46. The predicted octanol–water partition coefficient (Wildman–Crippen LogP) is 3.18. The van der Waals surface area contributed by atoms with Gasteiger partial charge in [-0.2, -0.15) is 5.26 Å². The fourth-order valence-electron chi connectivity index (χ4n) is 3.20. The van der Waals surface area contributed by atoms with E-state index in [1.165, 1.54) is 12.1 Å². The molecule has 1 aliphatic rings. The molecule has 3 rings (SSSR count). The van der Waals surface area contributed by atoms with Gasteiger partial charge in [0.2, 0.25) is 0 Å². The van der Waals surface area contributed by atoms with Gasteiger partial charge < -0.3 is 5.11 Å². The standard InChI is InChI=1S/C18H14ClNO4S/c1-11-2-8-14(9-3-11)25(23,24)16-15(18(16,10-20)17(21)22)12-4-6-13(19)7-5-12/h2-9,15-16H,1H3,(H,21,22)/t15-,16+,18+/m0/s1. The number of carboxylic acids is 1. The van der Waals surface area contributed by atoms with E-state index in [1.54, 1.807) is 42.5 Å². The first-order chi connectivity index (χ1) is 11.7. The number of aliphatic carboxylic acids is 1. The number of carbonyl (C=O) groups is 1. The van der Waals surface area contributed by atoms with Crippen LogP contribution in [0.2, 0.25) is 5.02 Å². The third-order valence-corrected chi connectivity index (χ3v) is 7.08. The van der Waals surface area contributed by atoms with Crippen molar-refractivity contribution in [3.8, 4) is 6.07 Å². The van der Waals surface area contributed by atoms with Gasteiger partial charge >= 0.3 is 5.97 Å². The van der Waals surface area contributed by atoms with Crippen molar-refractivity contribution in [2.45, 2.75) is 23.0 Å².